The molecule has 0 fully saturated rings. The molecule has 2 nitrogen and oxygen atoms in total. The van der Waals surface area contributed by atoms with Crippen LogP contribution in [0, 0.1) is 6.92 Å². The SMILES string of the molecule is CC[C@H](C)c1ccc(NC(C)=O)c(C)c1. The van der Waals surface area contributed by atoms with E-state index < -0.39 is 0 Å². The molecule has 0 aliphatic rings. The van der Waals surface area contributed by atoms with E-state index >= 15 is 0 Å². The van der Waals surface area contributed by atoms with Crippen molar-refractivity contribution in [2.75, 3.05) is 5.32 Å². The first-order valence-corrected chi connectivity index (χ1v) is 5.42. The number of hydrogen-bond acceptors (Lipinski definition) is 1. The zero-order valence-electron chi connectivity index (χ0n) is 9.92. The fourth-order valence-electron chi connectivity index (χ4n) is 1.56. The zero-order chi connectivity index (χ0) is 11.4. The molecule has 0 heterocycles. The highest BCUT2D eigenvalue weighted by atomic mass is 16.1. The molecule has 0 saturated heterocycles. The standard InChI is InChI=1S/C13H19NO/c1-5-9(2)12-6-7-13(10(3)8-12)14-11(4)15/h6-9H,5H2,1-4H3,(H,14,15)/t9-/m0/s1. The number of aryl methyl sites for hydroxylation is 1. The van der Waals surface area contributed by atoms with Crippen LogP contribution in [0.25, 0.3) is 0 Å². The van der Waals surface area contributed by atoms with Crippen molar-refractivity contribution in [3.8, 4) is 0 Å². The minimum Gasteiger partial charge on any atom is -0.326 e. The Bertz CT molecular complexity index is 358. The lowest BCUT2D eigenvalue weighted by molar-refractivity contribution is -0.114. The number of carbonyl (C=O) groups is 1. The Morgan fingerprint density at radius 2 is 2.13 bits per heavy atom. The quantitative estimate of drug-likeness (QED) is 0.804. The summed E-state index contributed by atoms with van der Waals surface area (Å²) in [6, 6.07) is 6.23. The van der Waals surface area contributed by atoms with E-state index in [2.05, 4.69) is 31.3 Å². The highest BCUT2D eigenvalue weighted by molar-refractivity contribution is 5.89. The Morgan fingerprint density at radius 1 is 1.47 bits per heavy atom. The van der Waals surface area contributed by atoms with Crippen LogP contribution in [-0.4, -0.2) is 5.91 Å². The molecule has 82 valence electrons. The maximum Gasteiger partial charge on any atom is 0.221 e. The summed E-state index contributed by atoms with van der Waals surface area (Å²) in [5.74, 6) is 0.560. The zero-order valence-corrected chi connectivity index (χ0v) is 9.92. The molecular formula is C13H19NO. The molecule has 1 aromatic carbocycles. The van der Waals surface area contributed by atoms with E-state index in [-0.39, 0.29) is 5.91 Å². The van der Waals surface area contributed by atoms with Gasteiger partial charge in [-0.05, 0) is 36.5 Å². The molecule has 0 unspecified atom stereocenters. The third-order valence-electron chi connectivity index (χ3n) is 2.74. The predicted octanol–water partition coefficient (Wildman–Crippen LogP) is 3.47. The van der Waals surface area contributed by atoms with E-state index in [1.807, 2.05) is 13.0 Å². The molecule has 0 aliphatic carbocycles. The Labute approximate surface area is 91.7 Å². The molecule has 1 amide bonds. The van der Waals surface area contributed by atoms with Gasteiger partial charge in [0.15, 0.2) is 0 Å². The highest BCUT2D eigenvalue weighted by Gasteiger charge is 2.05. The van der Waals surface area contributed by atoms with E-state index in [1.54, 1.807) is 0 Å². The van der Waals surface area contributed by atoms with Gasteiger partial charge in [0.2, 0.25) is 5.91 Å². The summed E-state index contributed by atoms with van der Waals surface area (Å²) in [5.41, 5.74) is 3.38. The first kappa shape index (κ1) is 11.8. The maximum atomic E-state index is 10.9. The van der Waals surface area contributed by atoms with Crippen molar-refractivity contribution in [1.82, 2.24) is 0 Å². The highest BCUT2D eigenvalue weighted by Crippen LogP contribution is 2.23. The summed E-state index contributed by atoms with van der Waals surface area (Å²) in [6.07, 6.45) is 1.14. The van der Waals surface area contributed by atoms with Crippen LogP contribution >= 0.6 is 0 Å². The Morgan fingerprint density at radius 3 is 2.60 bits per heavy atom. The average molecular weight is 205 g/mol. The van der Waals surface area contributed by atoms with Gasteiger partial charge in [-0.1, -0.05) is 26.0 Å². The third kappa shape index (κ3) is 3.08. The lowest BCUT2D eigenvalue weighted by Gasteiger charge is -2.12. The van der Waals surface area contributed by atoms with Gasteiger partial charge in [-0.3, -0.25) is 4.79 Å². The van der Waals surface area contributed by atoms with Crippen LogP contribution in [-0.2, 0) is 4.79 Å². The molecule has 1 atom stereocenters. The van der Waals surface area contributed by atoms with Gasteiger partial charge < -0.3 is 5.32 Å². The normalized spacial score (nSPS) is 12.3. The predicted molar refractivity (Wildman–Crippen MR) is 64.2 cm³/mol. The number of hydrogen-bond donors (Lipinski definition) is 1. The van der Waals surface area contributed by atoms with E-state index in [4.69, 9.17) is 0 Å². The van der Waals surface area contributed by atoms with Gasteiger partial charge >= 0.3 is 0 Å². The number of nitrogens with one attached hydrogen (secondary N) is 1. The van der Waals surface area contributed by atoms with Crippen LogP contribution in [0.4, 0.5) is 5.69 Å². The lowest BCUT2D eigenvalue weighted by Crippen LogP contribution is -2.07. The van der Waals surface area contributed by atoms with Gasteiger partial charge in [-0.15, -0.1) is 0 Å². The van der Waals surface area contributed by atoms with E-state index in [1.165, 1.54) is 12.5 Å². The van der Waals surface area contributed by atoms with Crippen LogP contribution in [0.2, 0.25) is 0 Å². The topological polar surface area (TPSA) is 29.1 Å². The minimum absolute atomic E-state index is 0.0191. The Kier molecular flexibility index (Phi) is 3.89. The molecule has 1 rings (SSSR count). The van der Waals surface area contributed by atoms with Gasteiger partial charge in [0.25, 0.3) is 0 Å². The number of carbonyl (C=O) groups excluding carboxylic acids is 1. The maximum absolute atomic E-state index is 10.9. The molecule has 1 N–H and O–H groups in total. The van der Waals surface area contributed by atoms with E-state index in [9.17, 15) is 4.79 Å². The fraction of sp³-hybridized carbons (Fsp3) is 0.462. The molecule has 0 radical (unpaired) electrons. The Balaban J connectivity index is 2.92. The van der Waals surface area contributed by atoms with Crippen molar-refractivity contribution in [1.29, 1.82) is 0 Å². The van der Waals surface area contributed by atoms with Crippen LogP contribution in [0.1, 0.15) is 44.2 Å². The fourth-order valence-corrected chi connectivity index (χ4v) is 1.56. The van der Waals surface area contributed by atoms with Gasteiger partial charge in [0, 0.05) is 12.6 Å². The molecule has 0 aliphatic heterocycles. The van der Waals surface area contributed by atoms with Crippen molar-refractivity contribution in [3.05, 3.63) is 29.3 Å². The van der Waals surface area contributed by atoms with Crippen molar-refractivity contribution >= 4 is 11.6 Å². The van der Waals surface area contributed by atoms with Gasteiger partial charge in [0.1, 0.15) is 0 Å². The van der Waals surface area contributed by atoms with E-state index in [0.717, 1.165) is 17.7 Å². The average Bonchev–Trinajstić information content (AvgIpc) is 2.19. The molecule has 15 heavy (non-hydrogen) atoms. The number of anilines is 1. The summed E-state index contributed by atoms with van der Waals surface area (Å²) in [7, 11) is 0. The molecule has 1 aromatic rings. The van der Waals surface area contributed by atoms with Crippen molar-refractivity contribution in [2.45, 2.75) is 40.0 Å². The largest absolute Gasteiger partial charge is 0.326 e. The van der Waals surface area contributed by atoms with Gasteiger partial charge in [-0.2, -0.15) is 0 Å². The first-order valence-electron chi connectivity index (χ1n) is 5.42. The molecule has 0 saturated carbocycles. The van der Waals surface area contributed by atoms with E-state index in [0.29, 0.717) is 5.92 Å². The van der Waals surface area contributed by atoms with Crippen LogP contribution in [0.5, 0.6) is 0 Å². The molecule has 0 aromatic heterocycles. The van der Waals surface area contributed by atoms with Crippen molar-refractivity contribution < 1.29 is 4.79 Å². The molecule has 0 bridgehead atoms. The van der Waals surface area contributed by atoms with Crippen LogP contribution in [0.15, 0.2) is 18.2 Å². The second-order valence-corrected chi connectivity index (χ2v) is 4.06. The van der Waals surface area contributed by atoms with Crippen molar-refractivity contribution in [2.24, 2.45) is 0 Å². The first-order chi connectivity index (χ1) is 7.04. The third-order valence-corrected chi connectivity index (χ3v) is 2.74. The second kappa shape index (κ2) is 4.96. The van der Waals surface area contributed by atoms with Gasteiger partial charge in [0.05, 0.1) is 0 Å². The summed E-state index contributed by atoms with van der Waals surface area (Å²) in [4.78, 5) is 10.9. The molecule has 2 heteroatoms. The van der Waals surface area contributed by atoms with Crippen LogP contribution < -0.4 is 5.32 Å². The molecular weight excluding hydrogens is 186 g/mol. The molecule has 0 spiro atoms. The number of benzene rings is 1. The van der Waals surface area contributed by atoms with Crippen molar-refractivity contribution in [3.63, 3.8) is 0 Å². The number of amides is 1. The van der Waals surface area contributed by atoms with Crippen LogP contribution in [0.3, 0.4) is 0 Å². The second-order valence-electron chi connectivity index (χ2n) is 4.06. The summed E-state index contributed by atoms with van der Waals surface area (Å²) in [5, 5.41) is 2.82. The number of rotatable bonds is 3. The smallest absolute Gasteiger partial charge is 0.221 e. The van der Waals surface area contributed by atoms with Gasteiger partial charge in [-0.25, -0.2) is 0 Å². The lowest BCUT2D eigenvalue weighted by atomic mass is 9.96. The summed E-state index contributed by atoms with van der Waals surface area (Å²) < 4.78 is 0. The summed E-state index contributed by atoms with van der Waals surface area (Å²) in [6.45, 7) is 7.95. The summed E-state index contributed by atoms with van der Waals surface area (Å²) >= 11 is 0. The monoisotopic (exact) mass is 205 g/mol. The minimum atomic E-state index is -0.0191. The Hall–Kier alpha value is -1.31.